The predicted octanol–water partition coefficient (Wildman–Crippen LogP) is 2.89. The first-order valence-corrected chi connectivity index (χ1v) is 5.61. The van der Waals surface area contributed by atoms with Crippen LogP contribution in [0.3, 0.4) is 0 Å². The summed E-state index contributed by atoms with van der Waals surface area (Å²) in [6.45, 7) is 1.84. The second-order valence-corrected chi connectivity index (χ2v) is 3.91. The van der Waals surface area contributed by atoms with Crippen molar-refractivity contribution in [3.63, 3.8) is 0 Å². The van der Waals surface area contributed by atoms with Crippen molar-refractivity contribution in [2.75, 3.05) is 7.11 Å². The summed E-state index contributed by atoms with van der Waals surface area (Å²) in [5.74, 6) is 0.281. The number of rotatable bonds is 4. The van der Waals surface area contributed by atoms with Crippen LogP contribution in [-0.4, -0.2) is 23.2 Å². The number of pyridine rings is 1. The molecular formula is C14H13NO4. The molecule has 0 radical (unpaired) electrons. The lowest BCUT2D eigenvalue weighted by Gasteiger charge is -2.11. The number of carboxylic acid groups (broad SMARTS) is 1. The molecule has 0 unspecified atom stereocenters. The van der Waals surface area contributed by atoms with Gasteiger partial charge >= 0.3 is 5.97 Å². The first-order valence-electron chi connectivity index (χ1n) is 5.61. The van der Waals surface area contributed by atoms with Crippen LogP contribution in [0.2, 0.25) is 0 Å². The van der Waals surface area contributed by atoms with E-state index in [1.54, 1.807) is 30.6 Å². The predicted molar refractivity (Wildman–Crippen MR) is 69.0 cm³/mol. The van der Waals surface area contributed by atoms with Gasteiger partial charge in [-0.2, -0.15) is 0 Å². The number of benzene rings is 1. The molecule has 0 atom stereocenters. The number of nitrogens with zero attached hydrogens (tertiary/aromatic N) is 1. The molecule has 5 nitrogen and oxygen atoms in total. The van der Waals surface area contributed by atoms with Crippen LogP contribution in [0.1, 0.15) is 15.9 Å². The summed E-state index contributed by atoms with van der Waals surface area (Å²) in [6.07, 6.45) is 3.24. The first-order chi connectivity index (χ1) is 9.11. The highest BCUT2D eigenvalue weighted by atomic mass is 16.5. The SMILES string of the molecule is COc1ccc(C(=O)O)c(Oc2ccncc2C)c1. The third-order valence-corrected chi connectivity index (χ3v) is 2.61. The minimum absolute atomic E-state index is 0.0806. The van der Waals surface area contributed by atoms with Gasteiger partial charge in [0.15, 0.2) is 0 Å². The molecule has 1 aromatic carbocycles. The summed E-state index contributed by atoms with van der Waals surface area (Å²) in [6, 6.07) is 6.26. The second kappa shape index (κ2) is 5.39. The van der Waals surface area contributed by atoms with Crippen LogP contribution in [0.4, 0.5) is 0 Å². The lowest BCUT2D eigenvalue weighted by Crippen LogP contribution is -2.01. The van der Waals surface area contributed by atoms with E-state index in [0.29, 0.717) is 11.5 Å². The van der Waals surface area contributed by atoms with Gasteiger partial charge in [0.2, 0.25) is 0 Å². The highest BCUT2D eigenvalue weighted by Gasteiger charge is 2.14. The van der Waals surface area contributed by atoms with Gasteiger partial charge in [0.25, 0.3) is 0 Å². The van der Waals surface area contributed by atoms with Crippen molar-refractivity contribution in [3.05, 3.63) is 47.8 Å². The standard InChI is InChI=1S/C14H13NO4/c1-9-8-15-6-5-12(9)19-13-7-10(18-2)3-4-11(13)14(16)17/h3-8H,1-2H3,(H,16,17). The Morgan fingerprint density at radius 2 is 2.05 bits per heavy atom. The van der Waals surface area contributed by atoms with E-state index in [1.807, 2.05) is 6.92 Å². The van der Waals surface area contributed by atoms with E-state index in [4.69, 9.17) is 14.6 Å². The smallest absolute Gasteiger partial charge is 0.339 e. The highest BCUT2D eigenvalue weighted by molar-refractivity contribution is 5.91. The number of methoxy groups -OCH3 is 1. The van der Waals surface area contributed by atoms with Crippen molar-refractivity contribution < 1.29 is 19.4 Å². The molecule has 2 aromatic rings. The Hall–Kier alpha value is -2.56. The van der Waals surface area contributed by atoms with E-state index < -0.39 is 5.97 Å². The maximum absolute atomic E-state index is 11.2. The fraction of sp³-hybridized carbons (Fsp3) is 0.143. The number of hydrogen-bond donors (Lipinski definition) is 1. The van der Waals surface area contributed by atoms with Crippen molar-refractivity contribution in [2.24, 2.45) is 0 Å². The third kappa shape index (κ3) is 2.82. The second-order valence-electron chi connectivity index (χ2n) is 3.91. The number of aryl methyl sites for hydroxylation is 1. The molecule has 0 aliphatic heterocycles. The topological polar surface area (TPSA) is 68.7 Å². The number of aromatic nitrogens is 1. The van der Waals surface area contributed by atoms with Gasteiger partial charge in [0.1, 0.15) is 22.8 Å². The Morgan fingerprint density at radius 3 is 2.68 bits per heavy atom. The Kier molecular flexibility index (Phi) is 3.66. The third-order valence-electron chi connectivity index (χ3n) is 2.61. The average molecular weight is 259 g/mol. The van der Waals surface area contributed by atoms with Gasteiger partial charge in [0, 0.05) is 24.0 Å². The summed E-state index contributed by atoms with van der Waals surface area (Å²) >= 11 is 0. The molecule has 0 saturated heterocycles. The van der Waals surface area contributed by atoms with Crippen LogP contribution in [0, 0.1) is 6.92 Å². The van der Waals surface area contributed by atoms with Crippen molar-refractivity contribution >= 4 is 5.97 Å². The number of hydrogen-bond acceptors (Lipinski definition) is 4. The van der Waals surface area contributed by atoms with Gasteiger partial charge in [-0.05, 0) is 25.1 Å². The molecule has 0 aliphatic carbocycles. The summed E-state index contributed by atoms with van der Waals surface area (Å²) in [7, 11) is 1.51. The maximum Gasteiger partial charge on any atom is 0.339 e. The number of aromatic carboxylic acids is 1. The lowest BCUT2D eigenvalue weighted by atomic mass is 10.2. The molecular weight excluding hydrogens is 246 g/mol. The fourth-order valence-corrected chi connectivity index (χ4v) is 1.58. The molecule has 1 heterocycles. The molecule has 0 fully saturated rings. The minimum Gasteiger partial charge on any atom is -0.497 e. The summed E-state index contributed by atoms with van der Waals surface area (Å²) in [5, 5.41) is 9.14. The molecule has 0 amide bonds. The largest absolute Gasteiger partial charge is 0.497 e. The highest BCUT2D eigenvalue weighted by Crippen LogP contribution is 2.30. The monoisotopic (exact) mass is 259 g/mol. The van der Waals surface area contributed by atoms with Crippen molar-refractivity contribution in [1.29, 1.82) is 0 Å². The Balaban J connectivity index is 2.43. The van der Waals surface area contributed by atoms with Crippen LogP contribution in [0.5, 0.6) is 17.2 Å². The Morgan fingerprint density at radius 1 is 1.26 bits per heavy atom. The van der Waals surface area contributed by atoms with E-state index >= 15 is 0 Å². The molecule has 1 N–H and O–H groups in total. The normalized spacial score (nSPS) is 10.0. The zero-order valence-electron chi connectivity index (χ0n) is 10.6. The van der Waals surface area contributed by atoms with Gasteiger partial charge in [0.05, 0.1) is 7.11 Å². The fourth-order valence-electron chi connectivity index (χ4n) is 1.58. The van der Waals surface area contributed by atoms with E-state index in [1.165, 1.54) is 13.2 Å². The molecule has 5 heteroatoms. The minimum atomic E-state index is -1.05. The molecule has 0 bridgehead atoms. The van der Waals surface area contributed by atoms with Gasteiger partial charge in [-0.25, -0.2) is 4.79 Å². The summed E-state index contributed by atoms with van der Waals surface area (Å²) in [4.78, 5) is 15.1. The zero-order valence-corrected chi connectivity index (χ0v) is 10.6. The van der Waals surface area contributed by atoms with Crippen LogP contribution in [-0.2, 0) is 0 Å². The maximum atomic E-state index is 11.2. The van der Waals surface area contributed by atoms with E-state index in [-0.39, 0.29) is 11.3 Å². The van der Waals surface area contributed by atoms with Crippen LogP contribution >= 0.6 is 0 Å². The summed E-state index contributed by atoms with van der Waals surface area (Å²) in [5.41, 5.74) is 0.902. The number of carbonyl (C=O) groups is 1. The molecule has 0 spiro atoms. The van der Waals surface area contributed by atoms with Crippen LogP contribution in [0.15, 0.2) is 36.7 Å². The molecule has 19 heavy (non-hydrogen) atoms. The van der Waals surface area contributed by atoms with Crippen molar-refractivity contribution in [2.45, 2.75) is 6.92 Å². The zero-order chi connectivity index (χ0) is 13.8. The van der Waals surface area contributed by atoms with E-state index in [2.05, 4.69) is 4.98 Å². The average Bonchev–Trinajstić information content (AvgIpc) is 2.41. The quantitative estimate of drug-likeness (QED) is 0.914. The first kappa shape index (κ1) is 12.9. The lowest BCUT2D eigenvalue weighted by molar-refractivity contribution is 0.0694. The molecule has 0 saturated carbocycles. The Bertz CT molecular complexity index is 610. The van der Waals surface area contributed by atoms with Crippen molar-refractivity contribution in [1.82, 2.24) is 4.98 Å². The van der Waals surface area contributed by atoms with Gasteiger partial charge in [-0.1, -0.05) is 0 Å². The molecule has 2 rings (SSSR count). The number of carboxylic acids is 1. The van der Waals surface area contributed by atoms with Crippen LogP contribution in [0.25, 0.3) is 0 Å². The van der Waals surface area contributed by atoms with Crippen LogP contribution < -0.4 is 9.47 Å². The van der Waals surface area contributed by atoms with Gasteiger partial charge < -0.3 is 14.6 Å². The van der Waals surface area contributed by atoms with Gasteiger partial charge in [-0.15, -0.1) is 0 Å². The van der Waals surface area contributed by atoms with Gasteiger partial charge in [-0.3, -0.25) is 4.98 Å². The molecule has 0 aliphatic rings. The van der Waals surface area contributed by atoms with Crippen molar-refractivity contribution in [3.8, 4) is 17.2 Å². The molecule has 1 aromatic heterocycles. The molecule has 98 valence electrons. The summed E-state index contributed by atoms with van der Waals surface area (Å²) < 4.78 is 10.7. The number of ether oxygens (including phenoxy) is 2. The van der Waals surface area contributed by atoms with E-state index in [0.717, 1.165) is 5.56 Å². The Labute approximate surface area is 110 Å². The van der Waals surface area contributed by atoms with E-state index in [9.17, 15) is 4.79 Å².